The molecule has 0 nitrogen and oxygen atoms in total. The molecule has 1 atom stereocenters. The third kappa shape index (κ3) is 27.2. The normalized spacial score (nSPS) is 10.0. The van der Waals surface area contributed by atoms with Crippen LogP contribution in [0.1, 0.15) is 13.8 Å². The van der Waals surface area contributed by atoms with Crippen LogP contribution in [0.5, 0.6) is 0 Å². The maximum atomic E-state index is 5.11. The van der Waals surface area contributed by atoms with Crippen molar-refractivity contribution in [2.45, 2.75) is 20.2 Å². The van der Waals surface area contributed by atoms with Gasteiger partial charge in [0.15, 0.2) is 0 Å². The zero-order valence-corrected chi connectivity index (χ0v) is 8.69. The smallest absolute Gasteiger partial charge is 0.0621 e. The molecule has 3 radical (unpaired) electrons. The molecule has 0 aliphatic heterocycles. The topological polar surface area (TPSA) is 0 Å². The number of hydrogen-bond donors (Lipinski definition) is 0. The van der Waals surface area contributed by atoms with Crippen molar-refractivity contribution in [1.82, 2.24) is 0 Å². The van der Waals surface area contributed by atoms with Crippen LogP contribution in [0, 0.1) is 19.8 Å². The van der Waals surface area contributed by atoms with E-state index in [0.717, 1.165) is 0 Å². The van der Waals surface area contributed by atoms with Gasteiger partial charge in [-0.25, -0.2) is 0 Å². The summed E-state index contributed by atoms with van der Waals surface area (Å²) < 4.78 is 0. The summed E-state index contributed by atoms with van der Waals surface area (Å²) in [5.41, 5.74) is 0. The Hall–Kier alpha value is 1.17. The molecule has 8 heavy (non-hydrogen) atoms. The first-order chi connectivity index (χ1) is 3.27. The van der Waals surface area contributed by atoms with Gasteiger partial charge in [0.2, 0.25) is 0 Å². The van der Waals surface area contributed by atoms with Crippen LogP contribution in [-0.2, 0) is 32.7 Å². The van der Waals surface area contributed by atoms with Gasteiger partial charge in [0.25, 0.3) is 0 Å². The van der Waals surface area contributed by atoms with Crippen LogP contribution >= 0.6 is 0 Å². The summed E-state index contributed by atoms with van der Waals surface area (Å²) in [6, 6.07) is 0. The summed E-state index contributed by atoms with van der Waals surface area (Å²) in [5.74, 6) is 0.412. The van der Waals surface area contributed by atoms with E-state index in [9.17, 15) is 0 Å². The maximum absolute atomic E-state index is 5.11. The molecule has 0 amide bonds. The fourth-order valence-electron chi connectivity index (χ4n) is 0. The first kappa shape index (κ1) is 16.1. The number of hydrogen-bond acceptors (Lipinski definition) is 0. The molecule has 0 aliphatic rings. The Kier molecular flexibility index (Phi) is 31.6. The molecule has 2 heteroatoms. The monoisotopic (exact) mass is 185 g/mol. The molecule has 0 saturated heterocycles. The van der Waals surface area contributed by atoms with E-state index >= 15 is 0 Å². The Morgan fingerprint density at radius 2 is 1.62 bits per heavy atom. The van der Waals surface area contributed by atoms with Gasteiger partial charge in [0.1, 0.15) is 0 Å². The fourth-order valence-corrected chi connectivity index (χ4v) is 0. The quantitative estimate of drug-likeness (QED) is 0.432. The molecule has 0 aliphatic carbocycles. The van der Waals surface area contributed by atoms with Crippen LogP contribution in [0.4, 0.5) is 0 Å². The second-order valence-electron chi connectivity index (χ2n) is 1.34. The van der Waals surface area contributed by atoms with Crippen LogP contribution in [0.3, 0.4) is 0 Å². The minimum absolute atomic E-state index is 0. The molecule has 0 N–H and O–H groups in total. The molecule has 1 unspecified atom stereocenters. The van der Waals surface area contributed by atoms with Crippen LogP contribution in [-0.4, -0.2) is 7.85 Å². The Balaban J connectivity index is -0.0000000750. The van der Waals surface area contributed by atoms with E-state index in [0.29, 0.717) is 12.2 Å². The molecule has 45 valence electrons. The third-order valence-electron chi connectivity index (χ3n) is 0.402. The molecule has 0 spiro atoms. The predicted molar refractivity (Wildman–Crippen MR) is 36.1 cm³/mol. The van der Waals surface area contributed by atoms with Crippen molar-refractivity contribution in [3.63, 3.8) is 0 Å². The summed E-state index contributed by atoms with van der Waals surface area (Å²) in [6.07, 6.45) is 0.694. The first-order valence-electron chi connectivity index (χ1n) is 2.51. The van der Waals surface area contributed by atoms with Gasteiger partial charge >= 0.3 is 0 Å². The molecular formula is C6H13BY-2. The van der Waals surface area contributed by atoms with E-state index in [-0.39, 0.29) is 32.7 Å². The minimum atomic E-state index is 0. The zero-order chi connectivity index (χ0) is 6.28. The summed E-state index contributed by atoms with van der Waals surface area (Å²) in [4.78, 5) is 0. The van der Waals surface area contributed by atoms with Gasteiger partial charge in [0, 0.05) is 32.7 Å². The van der Waals surface area contributed by atoms with Crippen molar-refractivity contribution < 1.29 is 32.7 Å². The van der Waals surface area contributed by atoms with Crippen LogP contribution in [0.15, 0.2) is 0 Å². The van der Waals surface area contributed by atoms with Crippen LogP contribution in [0.2, 0.25) is 6.32 Å². The molecule has 0 fully saturated rings. The van der Waals surface area contributed by atoms with Gasteiger partial charge in [-0.1, -0.05) is 6.92 Å². The summed E-state index contributed by atoms with van der Waals surface area (Å²) in [6.45, 7) is 10.6. The maximum Gasteiger partial charge on any atom is 0.0621 e. The zero-order valence-electron chi connectivity index (χ0n) is 5.85. The molecule has 0 aromatic carbocycles. The van der Waals surface area contributed by atoms with Crippen molar-refractivity contribution in [1.29, 1.82) is 0 Å². The van der Waals surface area contributed by atoms with Crippen molar-refractivity contribution in [3.8, 4) is 0 Å². The molecule has 0 heterocycles. The SMILES string of the molecule is [B]CC([CH2-])C.[CH2-]C.[Y]. The van der Waals surface area contributed by atoms with E-state index < -0.39 is 0 Å². The Morgan fingerprint density at radius 3 is 1.62 bits per heavy atom. The largest absolute Gasteiger partial charge is 0.346 e. The molecule has 0 aromatic heterocycles. The van der Waals surface area contributed by atoms with Crippen molar-refractivity contribution >= 4 is 7.85 Å². The number of rotatable bonds is 1. The Bertz CT molecular complexity index is 22.5. The predicted octanol–water partition coefficient (Wildman–Crippen LogP) is 1.88. The van der Waals surface area contributed by atoms with Gasteiger partial charge in [-0.2, -0.15) is 12.8 Å². The fraction of sp³-hybridized carbons (Fsp3) is 0.667. The Labute approximate surface area is 80.1 Å². The van der Waals surface area contributed by atoms with Gasteiger partial charge in [-0.15, -0.1) is 6.32 Å². The van der Waals surface area contributed by atoms with Crippen molar-refractivity contribution in [2.24, 2.45) is 5.92 Å². The Morgan fingerprint density at radius 1 is 1.50 bits per heavy atom. The summed E-state index contributed by atoms with van der Waals surface area (Å²) in [5, 5.41) is 0. The van der Waals surface area contributed by atoms with Gasteiger partial charge < -0.3 is 13.8 Å². The second-order valence-corrected chi connectivity index (χ2v) is 1.34. The van der Waals surface area contributed by atoms with Gasteiger partial charge in [0.05, 0.1) is 7.85 Å². The minimum Gasteiger partial charge on any atom is -0.346 e. The van der Waals surface area contributed by atoms with Crippen molar-refractivity contribution in [2.75, 3.05) is 0 Å². The summed E-state index contributed by atoms with van der Waals surface area (Å²) >= 11 is 0. The average Bonchev–Trinajstić information content (AvgIpc) is 1.73. The van der Waals surface area contributed by atoms with Crippen LogP contribution in [0.25, 0.3) is 0 Å². The van der Waals surface area contributed by atoms with E-state index in [1.165, 1.54) is 0 Å². The summed E-state index contributed by atoms with van der Waals surface area (Å²) in [7, 11) is 5.11. The van der Waals surface area contributed by atoms with Gasteiger partial charge in [-0.3, -0.25) is 0 Å². The van der Waals surface area contributed by atoms with E-state index in [2.05, 4.69) is 13.8 Å². The second kappa shape index (κ2) is 15.7. The van der Waals surface area contributed by atoms with E-state index in [1.807, 2.05) is 6.92 Å². The average molecular weight is 185 g/mol. The third-order valence-corrected chi connectivity index (χ3v) is 0.402. The molecule has 0 saturated carbocycles. The first-order valence-corrected chi connectivity index (χ1v) is 2.51. The van der Waals surface area contributed by atoms with Crippen molar-refractivity contribution in [3.05, 3.63) is 13.8 Å². The van der Waals surface area contributed by atoms with Crippen LogP contribution < -0.4 is 0 Å². The standard InChI is InChI=1S/C4H8B.C2H5.Y/c1-4(2)3-5;1-2;/h4H,1,3H2,2H3;1H2,2H3;/q2*-1;. The van der Waals surface area contributed by atoms with Gasteiger partial charge in [-0.05, 0) is 0 Å². The van der Waals surface area contributed by atoms with E-state index in [1.54, 1.807) is 6.92 Å². The molecule has 0 bridgehead atoms. The van der Waals surface area contributed by atoms with E-state index in [4.69, 9.17) is 7.85 Å². The molecular weight excluding hydrogens is 172 g/mol. The molecule has 0 aromatic rings. The molecule has 0 rings (SSSR count).